The van der Waals surface area contributed by atoms with Crippen molar-refractivity contribution in [1.29, 1.82) is 0 Å². The zero-order chi connectivity index (χ0) is 13.9. The van der Waals surface area contributed by atoms with Crippen molar-refractivity contribution in [3.05, 3.63) is 11.9 Å². The van der Waals surface area contributed by atoms with Crippen LogP contribution in [-0.2, 0) is 6.54 Å². The van der Waals surface area contributed by atoms with Gasteiger partial charge in [0.15, 0.2) is 0 Å². The Bertz CT molecular complexity index is 460. The fraction of sp³-hybridized carbons (Fsp3) is 0.714. The summed E-state index contributed by atoms with van der Waals surface area (Å²) in [5.74, 6) is 1.33. The van der Waals surface area contributed by atoms with Gasteiger partial charge in [-0.15, -0.1) is 0 Å². The smallest absolute Gasteiger partial charge is 0.271 e. The average Bonchev–Trinajstić information content (AvgIpc) is 2.89. The average molecular weight is 277 g/mol. The Kier molecular flexibility index (Phi) is 3.91. The highest BCUT2D eigenvalue weighted by atomic mass is 16.1. The topological polar surface area (TPSA) is 62.2 Å². The summed E-state index contributed by atoms with van der Waals surface area (Å²) in [6.07, 6.45) is 5.36. The highest BCUT2D eigenvalue weighted by Crippen LogP contribution is 2.16. The van der Waals surface area contributed by atoms with Gasteiger partial charge in [0.2, 0.25) is 5.95 Å². The number of imidazole rings is 1. The second-order valence-corrected chi connectivity index (χ2v) is 5.90. The first-order valence-corrected chi connectivity index (χ1v) is 7.50. The molecule has 1 aromatic rings. The zero-order valence-corrected chi connectivity index (χ0v) is 12.1. The number of anilines is 1. The van der Waals surface area contributed by atoms with Gasteiger partial charge in [0.25, 0.3) is 5.91 Å². The summed E-state index contributed by atoms with van der Waals surface area (Å²) in [5.41, 5.74) is 0.526. The molecule has 3 heterocycles. The molecule has 0 aromatic carbocycles. The largest absolute Gasteiger partial charge is 0.356 e. The van der Waals surface area contributed by atoms with Gasteiger partial charge in [-0.1, -0.05) is 0 Å². The van der Waals surface area contributed by atoms with Crippen molar-refractivity contribution in [1.82, 2.24) is 19.8 Å². The fourth-order valence-corrected chi connectivity index (χ4v) is 3.05. The number of carbonyl (C=O) groups is 1. The van der Waals surface area contributed by atoms with Gasteiger partial charge in [0.1, 0.15) is 5.69 Å². The quantitative estimate of drug-likeness (QED) is 0.857. The molecule has 2 N–H and O–H groups in total. The van der Waals surface area contributed by atoms with Crippen LogP contribution in [-0.4, -0.2) is 53.6 Å². The molecular weight excluding hydrogens is 254 g/mol. The van der Waals surface area contributed by atoms with Crippen molar-refractivity contribution in [2.75, 3.05) is 38.5 Å². The summed E-state index contributed by atoms with van der Waals surface area (Å²) in [6, 6.07) is 0. The Hall–Kier alpha value is -1.56. The number of aromatic nitrogens is 2. The van der Waals surface area contributed by atoms with Gasteiger partial charge < -0.3 is 20.1 Å². The van der Waals surface area contributed by atoms with Crippen LogP contribution in [0.3, 0.4) is 0 Å². The van der Waals surface area contributed by atoms with E-state index in [-0.39, 0.29) is 5.91 Å². The van der Waals surface area contributed by atoms with Crippen LogP contribution in [0, 0.1) is 5.92 Å². The highest BCUT2D eigenvalue weighted by Gasteiger charge is 2.20. The van der Waals surface area contributed by atoms with E-state index in [0.29, 0.717) is 11.6 Å². The van der Waals surface area contributed by atoms with E-state index in [1.165, 1.54) is 19.4 Å². The predicted octanol–water partition coefficient (Wildman–Crippen LogP) is 0.770. The molecule has 2 aliphatic heterocycles. The minimum absolute atomic E-state index is 0.0538. The monoisotopic (exact) mass is 277 g/mol. The Morgan fingerprint density at radius 2 is 2.40 bits per heavy atom. The van der Waals surface area contributed by atoms with Crippen molar-refractivity contribution in [2.45, 2.75) is 25.8 Å². The summed E-state index contributed by atoms with van der Waals surface area (Å²) in [5, 5.41) is 6.24. The summed E-state index contributed by atoms with van der Waals surface area (Å²) in [6.45, 7) is 4.87. The molecule has 1 atom stereocenters. The van der Waals surface area contributed by atoms with Crippen molar-refractivity contribution >= 4 is 11.9 Å². The van der Waals surface area contributed by atoms with Crippen LogP contribution >= 0.6 is 0 Å². The van der Waals surface area contributed by atoms with E-state index < -0.39 is 0 Å². The maximum atomic E-state index is 12.2. The van der Waals surface area contributed by atoms with Crippen LogP contribution in [0.25, 0.3) is 0 Å². The standard InChI is InChI=1S/C14H23N5O/c1-18-6-2-4-11(9-18)8-16-13(20)12-10-19-7-3-5-15-14(19)17-12/h10-11H,2-9H2,1H3,(H,15,17)(H,16,20). The first-order chi connectivity index (χ1) is 9.72. The van der Waals surface area contributed by atoms with Crippen molar-refractivity contribution in [3.8, 4) is 0 Å². The predicted molar refractivity (Wildman–Crippen MR) is 77.9 cm³/mol. The van der Waals surface area contributed by atoms with Crippen molar-refractivity contribution < 1.29 is 4.79 Å². The van der Waals surface area contributed by atoms with E-state index in [9.17, 15) is 4.79 Å². The van der Waals surface area contributed by atoms with Crippen molar-refractivity contribution in [3.63, 3.8) is 0 Å². The van der Waals surface area contributed by atoms with Gasteiger partial charge >= 0.3 is 0 Å². The van der Waals surface area contributed by atoms with E-state index in [1.807, 2.05) is 10.8 Å². The number of rotatable bonds is 3. The number of likely N-dealkylation sites (tertiary alicyclic amines) is 1. The number of aryl methyl sites for hydroxylation is 1. The van der Waals surface area contributed by atoms with Gasteiger partial charge in [-0.05, 0) is 38.8 Å². The fourth-order valence-electron chi connectivity index (χ4n) is 3.05. The minimum Gasteiger partial charge on any atom is -0.356 e. The Morgan fingerprint density at radius 1 is 1.50 bits per heavy atom. The van der Waals surface area contributed by atoms with Gasteiger partial charge in [0, 0.05) is 32.4 Å². The SMILES string of the molecule is CN1CCCC(CNC(=O)c2cn3c(n2)NCCC3)C1. The van der Waals surface area contributed by atoms with Crippen LogP contribution in [0.15, 0.2) is 6.20 Å². The first-order valence-electron chi connectivity index (χ1n) is 7.50. The third-order valence-corrected chi connectivity index (χ3v) is 4.14. The molecule has 6 nitrogen and oxygen atoms in total. The minimum atomic E-state index is -0.0538. The van der Waals surface area contributed by atoms with Crippen LogP contribution in [0.4, 0.5) is 5.95 Å². The molecule has 1 fully saturated rings. The molecule has 20 heavy (non-hydrogen) atoms. The van der Waals surface area contributed by atoms with Gasteiger partial charge in [-0.3, -0.25) is 4.79 Å². The molecule has 110 valence electrons. The van der Waals surface area contributed by atoms with Crippen LogP contribution < -0.4 is 10.6 Å². The maximum Gasteiger partial charge on any atom is 0.271 e. The Morgan fingerprint density at radius 3 is 3.20 bits per heavy atom. The molecule has 0 aliphatic carbocycles. The summed E-state index contributed by atoms with van der Waals surface area (Å²) < 4.78 is 2.02. The third-order valence-electron chi connectivity index (χ3n) is 4.14. The van der Waals surface area contributed by atoms with E-state index >= 15 is 0 Å². The van der Waals surface area contributed by atoms with E-state index in [2.05, 4.69) is 27.6 Å². The first kappa shape index (κ1) is 13.4. The molecule has 1 amide bonds. The second kappa shape index (κ2) is 5.83. The lowest BCUT2D eigenvalue weighted by Crippen LogP contribution is -2.39. The normalized spacial score (nSPS) is 22.9. The van der Waals surface area contributed by atoms with Crippen LogP contribution in [0.2, 0.25) is 0 Å². The summed E-state index contributed by atoms with van der Waals surface area (Å²) in [7, 11) is 2.14. The Labute approximate surface area is 119 Å². The van der Waals surface area contributed by atoms with E-state index in [0.717, 1.165) is 38.5 Å². The Balaban J connectivity index is 1.55. The molecular formula is C14H23N5O. The molecule has 1 unspecified atom stereocenters. The van der Waals surface area contributed by atoms with E-state index in [4.69, 9.17) is 0 Å². The van der Waals surface area contributed by atoms with Crippen molar-refractivity contribution in [2.24, 2.45) is 5.92 Å². The number of nitrogens with zero attached hydrogens (tertiary/aromatic N) is 3. The number of piperidine rings is 1. The molecule has 6 heteroatoms. The molecule has 1 aromatic heterocycles. The third kappa shape index (κ3) is 2.95. The number of carbonyl (C=O) groups excluding carboxylic acids is 1. The number of nitrogens with one attached hydrogen (secondary N) is 2. The number of amides is 1. The summed E-state index contributed by atoms with van der Waals surface area (Å²) in [4.78, 5) is 18.9. The van der Waals surface area contributed by atoms with Crippen LogP contribution in [0.5, 0.6) is 0 Å². The lowest BCUT2D eigenvalue weighted by molar-refractivity contribution is 0.0932. The molecule has 0 spiro atoms. The second-order valence-electron chi connectivity index (χ2n) is 5.90. The molecule has 0 radical (unpaired) electrons. The number of hydrogen-bond donors (Lipinski definition) is 2. The lowest BCUT2D eigenvalue weighted by Gasteiger charge is -2.29. The molecule has 3 rings (SSSR count). The van der Waals surface area contributed by atoms with Crippen LogP contribution in [0.1, 0.15) is 29.8 Å². The van der Waals surface area contributed by atoms with Gasteiger partial charge in [0.05, 0.1) is 0 Å². The molecule has 0 saturated carbocycles. The molecule has 0 bridgehead atoms. The maximum absolute atomic E-state index is 12.2. The lowest BCUT2D eigenvalue weighted by atomic mass is 9.98. The van der Waals surface area contributed by atoms with Gasteiger partial charge in [-0.25, -0.2) is 4.98 Å². The molecule has 2 aliphatic rings. The molecule has 1 saturated heterocycles. The van der Waals surface area contributed by atoms with E-state index in [1.54, 1.807) is 0 Å². The van der Waals surface area contributed by atoms with Gasteiger partial charge in [-0.2, -0.15) is 0 Å². The highest BCUT2D eigenvalue weighted by molar-refractivity contribution is 5.92. The number of hydrogen-bond acceptors (Lipinski definition) is 4. The summed E-state index contributed by atoms with van der Waals surface area (Å²) >= 11 is 0. The zero-order valence-electron chi connectivity index (χ0n) is 12.1. The number of fused-ring (bicyclic) bond motifs is 1.